The van der Waals surface area contributed by atoms with Crippen LogP contribution in [-0.2, 0) is 11.2 Å². The first-order valence-electron chi connectivity index (χ1n) is 8.56. The number of carbonyl (C=O) groups is 1. The smallest absolute Gasteiger partial charge is 0.221 e. The fraction of sp³-hybridized carbons (Fsp3) is 0.526. The molecule has 0 bridgehead atoms. The highest BCUT2D eigenvalue weighted by atomic mass is 16.5. The van der Waals surface area contributed by atoms with Gasteiger partial charge in [0.25, 0.3) is 0 Å². The number of rotatable bonds is 9. The second kappa shape index (κ2) is 9.36. The third-order valence-corrected chi connectivity index (χ3v) is 4.11. The molecule has 1 amide bonds. The van der Waals surface area contributed by atoms with Gasteiger partial charge >= 0.3 is 0 Å². The quantitative estimate of drug-likeness (QED) is 0.540. The second-order valence-electron chi connectivity index (χ2n) is 6.13. The lowest BCUT2D eigenvalue weighted by Gasteiger charge is -2.14. The lowest BCUT2D eigenvalue weighted by atomic mass is 10.1. The maximum Gasteiger partial charge on any atom is 0.221 e. The van der Waals surface area contributed by atoms with Gasteiger partial charge in [0.1, 0.15) is 5.75 Å². The zero-order valence-corrected chi connectivity index (χ0v) is 14.1. The summed E-state index contributed by atoms with van der Waals surface area (Å²) in [7, 11) is 0. The van der Waals surface area contributed by atoms with Crippen molar-refractivity contribution in [3.05, 3.63) is 36.4 Å². The summed E-state index contributed by atoms with van der Waals surface area (Å²) in [4.78, 5) is 11.2. The van der Waals surface area contributed by atoms with Crippen LogP contribution in [0.3, 0.4) is 0 Å². The van der Waals surface area contributed by atoms with Gasteiger partial charge in [0.2, 0.25) is 5.91 Å². The standard InChI is InChI=1S/C19H28N2O2/c1-3-7-16-14-18(21-15(2)22)10-11-19(16)23-13-6-12-20-17-8-4-5-9-17/h3,10-11,14,17,20H,1,4-9,12-13H2,2H3,(H,21,22). The number of nitrogens with one attached hydrogen (secondary N) is 2. The average molecular weight is 316 g/mol. The zero-order chi connectivity index (χ0) is 16.5. The van der Waals surface area contributed by atoms with Crippen LogP contribution in [0.2, 0.25) is 0 Å². The molecule has 0 heterocycles. The predicted octanol–water partition coefficient (Wildman–Crippen LogP) is 3.67. The largest absolute Gasteiger partial charge is 0.493 e. The summed E-state index contributed by atoms with van der Waals surface area (Å²) in [5, 5.41) is 6.39. The average Bonchev–Trinajstić information content (AvgIpc) is 3.02. The first kappa shape index (κ1) is 17.5. The van der Waals surface area contributed by atoms with E-state index in [4.69, 9.17) is 4.74 Å². The number of carbonyl (C=O) groups excluding carboxylic acids is 1. The van der Waals surface area contributed by atoms with Gasteiger partial charge in [-0.3, -0.25) is 4.79 Å². The number of hydrogen-bond acceptors (Lipinski definition) is 3. The first-order valence-corrected chi connectivity index (χ1v) is 8.56. The van der Waals surface area contributed by atoms with Gasteiger partial charge in [0, 0.05) is 18.7 Å². The van der Waals surface area contributed by atoms with E-state index in [1.165, 1.54) is 32.6 Å². The summed E-state index contributed by atoms with van der Waals surface area (Å²) in [6.07, 6.45) is 8.92. The molecule has 4 heteroatoms. The Morgan fingerprint density at radius 1 is 1.39 bits per heavy atom. The zero-order valence-electron chi connectivity index (χ0n) is 14.1. The molecule has 23 heavy (non-hydrogen) atoms. The van der Waals surface area contributed by atoms with Crippen molar-refractivity contribution in [3.8, 4) is 5.75 Å². The van der Waals surface area contributed by atoms with E-state index < -0.39 is 0 Å². The van der Waals surface area contributed by atoms with Crippen LogP contribution >= 0.6 is 0 Å². The SMILES string of the molecule is C=CCc1cc(NC(C)=O)ccc1OCCCNC1CCCC1. The van der Waals surface area contributed by atoms with E-state index in [1.807, 2.05) is 24.3 Å². The summed E-state index contributed by atoms with van der Waals surface area (Å²) in [5.41, 5.74) is 1.85. The van der Waals surface area contributed by atoms with E-state index in [9.17, 15) is 4.79 Å². The van der Waals surface area contributed by atoms with Crippen molar-refractivity contribution in [3.63, 3.8) is 0 Å². The molecule has 0 radical (unpaired) electrons. The second-order valence-corrected chi connectivity index (χ2v) is 6.13. The Bertz CT molecular complexity index is 522. The summed E-state index contributed by atoms with van der Waals surface area (Å²) < 4.78 is 5.91. The van der Waals surface area contributed by atoms with Crippen LogP contribution in [-0.4, -0.2) is 25.1 Å². The Kier molecular flexibility index (Phi) is 7.14. The molecule has 4 nitrogen and oxygen atoms in total. The van der Waals surface area contributed by atoms with Gasteiger partial charge in [-0.1, -0.05) is 18.9 Å². The molecule has 0 spiro atoms. The van der Waals surface area contributed by atoms with Crippen LogP contribution in [0.25, 0.3) is 0 Å². The molecule has 126 valence electrons. The van der Waals surface area contributed by atoms with Gasteiger partial charge in [0.05, 0.1) is 6.61 Å². The highest BCUT2D eigenvalue weighted by molar-refractivity contribution is 5.88. The van der Waals surface area contributed by atoms with Crippen LogP contribution in [0, 0.1) is 0 Å². The third-order valence-electron chi connectivity index (χ3n) is 4.11. The molecule has 0 aromatic heterocycles. The fourth-order valence-electron chi connectivity index (χ4n) is 3.01. The monoisotopic (exact) mass is 316 g/mol. The molecule has 0 unspecified atom stereocenters. The number of allylic oxidation sites excluding steroid dienone is 1. The minimum atomic E-state index is -0.0683. The topological polar surface area (TPSA) is 50.4 Å². The molecule has 1 aliphatic carbocycles. The molecule has 0 saturated heterocycles. The summed E-state index contributed by atoms with van der Waals surface area (Å²) in [6.45, 7) is 7.00. The highest BCUT2D eigenvalue weighted by Crippen LogP contribution is 2.24. The maximum absolute atomic E-state index is 11.2. The van der Waals surface area contributed by atoms with Crippen molar-refractivity contribution in [2.45, 2.75) is 51.5 Å². The molecule has 0 aliphatic heterocycles. The molecule has 1 aromatic rings. The van der Waals surface area contributed by atoms with Gasteiger partial charge in [-0.05, 0) is 56.0 Å². The van der Waals surface area contributed by atoms with Crippen LogP contribution in [0.5, 0.6) is 5.75 Å². The van der Waals surface area contributed by atoms with Crippen LogP contribution < -0.4 is 15.4 Å². The lowest BCUT2D eigenvalue weighted by molar-refractivity contribution is -0.114. The Labute approximate surface area is 139 Å². The van der Waals surface area contributed by atoms with Crippen molar-refractivity contribution in [2.24, 2.45) is 0 Å². The van der Waals surface area contributed by atoms with E-state index in [0.717, 1.165) is 36.4 Å². The maximum atomic E-state index is 11.2. The van der Waals surface area contributed by atoms with Gasteiger partial charge in [-0.25, -0.2) is 0 Å². The van der Waals surface area contributed by atoms with Crippen molar-refractivity contribution >= 4 is 11.6 Å². The van der Waals surface area contributed by atoms with Gasteiger partial charge in [-0.2, -0.15) is 0 Å². The molecule has 1 fully saturated rings. The Hall–Kier alpha value is -1.81. The molecule has 1 saturated carbocycles. The predicted molar refractivity (Wildman–Crippen MR) is 95.0 cm³/mol. The van der Waals surface area contributed by atoms with Crippen molar-refractivity contribution in [1.29, 1.82) is 0 Å². The number of benzene rings is 1. The Morgan fingerprint density at radius 3 is 2.87 bits per heavy atom. The van der Waals surface area contributed by atoms with E-state index in [0.29, 0.717) is 12.6 Å². The number of amides is 1. The summed E-state index contributed by atoms with van der Waals surface area (Å²) in [6, 6.07) is 6.47. The van der Waals surface area contributed by atoms with Crippen LogP contribution in [0.1, 0.15) is 44.6 Å². The number of anilines is 1. The molecule has 0 atom stereocenters. The number of hydrogen-bond donors (Lipinski definition) is 2. The number of ether oxygens (including phenoxy) is 1. The minimum Gasteiger partial charge on any atom is -0.493 e. The van der Waals surface area contributed by atoms with Crippen molar-refractivity contribution in [2.75, 3.05) is 18.5 Å². The highest BCUT2D eigenvalue weighted by Gasteiger charge is 2.13. The lowest BCUT2D eigenvalue weighted by Crippen LogP contribution is -2.27. The summed E-state index contributed by atoms with van der Waals surface area (Å²) >= 11 is 0. The van der Waals surface area contributed by atoms with E-state index in [2.05, 4.69) is 17.2 Å². The van der Waals surface area contributed by atoms with E-state index in [1.54, 1.807) is 0 Å². The molecule has 2 N–H and O–H groups in total. The molecule has 1 aromatic carbocycles. The molecule has 1 aliphatic rings. The molecular formula is C19H28N2O2. The van der Waals surface area contributed by atoms with Gasteiger partial charge in [-0.15, -0.1) is 6.58 Å². The summed E-state index contributed by atoms with van der Waals surface area (Å²) in [5.74, 6) is 0.807. The van der Waals surface area contributed by atoms with Crippen molar-refractivity contribution < 1.29 is 9.53 Å². The van der Waals surface area contributed by atoms with E-state index in [-0.39, 0.29) is 5.91 Å². The molecule has 2 rings (SSSR count). The minimum absolute atomic E-state index is 0.0683. The van der Waals surface area contributed by atoms with Crippen LogP contribution in [0.4, 0.5) is 5.69 Å². The molecular weight excluding hydrogens is 288 g/mol. The first-order chi connectivity index (χ1) is 11.2. The van der Waals surface area contributed by atoms with Gasteiger partial charge in [0.15, 0.2) is 0 Å². The van der Waals surface area contributed by atoms with Crippen LogP contribution in [0.15, 0.2) is 30.9 Å². The fourth-order valence-corrected chi connectivity index (χ4v) is 3.01. The Morgan fingerprint density at radius 2 is 2.17 bits per heavy atom. The van der Waals surface area contributed by atoms with E-state index >= 15 is 0 Å². The van der Waals surface area contributed by atoms with Gasteiger partial charge < -0.3 is 15.4 Å². The normalized spacial score (nSPS) is 14.7. The van der Waals surface area contributed by atoms with Crippen molar-refractivity contribution in [1.82, 2.24) is 5.32 Å². The third kappa shape index (κ3) is 6.06. The Balaban J connectivity index is 1.80.